The van der Waals surface area contributed by atoms with Crippen LogP contribution < -0.4 is 11.3 Å². The second kappa shape index (κ2) is 6.88. The first kappa shape index (κ1) is 15.0. The first-order chi connectivity index (χ1) is 10.3. The van der Waals surface area contributed by atoms with Crippen molar-refractivity contribution in [2.45, 2.75) is 43.7 Å². The number of hydrogen-bond acceptors (Lipinski definition) is 4. The van der Waals surface area contributed by atoms with Gasteiger partial charge in [0.1, 0.15) is 0 Å². The molecule has 1 aromatic carbocycles. The average molecular weight is 290 g/mol. The van der Waals surface area contributed by atoms with Crippen molar-refractivity contribution in [3.8, 4) is 0 Å². The minimum atomic E-state index is 0.0347. The fourth-order valence-corrected chi connectivity index (χ4v) is 3.73. The van der Waals surface area contributed by atoms with Crippen LogP contribution in [0.25, 0.3) is 0 Å². The second-order valence-electron chi connectivity index (χ2n) is 6.36. The number of nitrogens with two attached hydrogens (primary N) is 1. The van der Waals surface area contributed by atoms with Gasteiger partial charge >= 0.3 is 0 Å². The van der Waals surface area contributed by atoms with E-state index in [1.54, 1.807) is 0 Å². The molecule has 4 heteroatoms. The zero-order valence-corrected chi connectivity index (χ0v) is 12.6. The molecule has 2 unspecified atom stereocenters. The molecule has 0 radical (unpaired) electrons. The third kappa shape index (κ3) is 3.64. The highest BCUT2D eigenvalue weighted by Gasteiger charge is 2.41. The Hall–Kier alpha value is -0.940. The van der Waals surface area contributed by atoms with E-state index in [1.165, 1.54) is 5.56 Å². The van der Waals surface area contributed by atoms with Gasteiger partial charge in [-0.2, -0.15) is 0 Å². The molecule has 116 valence electrons. The minimum absolute atomic E-state index is 0.0347. The predicted molar refractivity (Wildman–Crippen MR) is 82.7 cm³/mol. The largest absolute Gasteiger partial charge is 0.381 e. The Bertz CT molecular complexity index is 426. The van der Waals surface area contributed by atoms with Gasteiger partial charge in [-0.05, 0) is 43.6 Å². The smallest absolute Gasteiger partial charge is 0.0729 e. The highest BCUT2D eigenvalue weighted by Crippen LogP contribution is 2.38. The molecule has 0 bridgehead atoms. The van der Waals surface area contributed by atoms with Crippen molar-refractivity contribution in [1.82, 2.24) is 5.43 Å². The van der Waals surface area contributed by atoms with Crippen molar-refractivity contribution in [3.05, 3.63) is 35.9 Å². The fourth-order valence-electron chi connectivity index (χ4n) is 3.73. The lowest BCUT2D eigenvalue weighted by Crippen LogP contribution is -2.51. The van der Waals surface area contributed by atoms with E-state index in [0.717, 1.165) is 51.9 Å². The van der Waals surface area contributed by atoms with Gasteiger partial charge in [-0.25, -0.2) is 0 Å². The number of nitrogens with one attached hydrogen (secondary N) is 1. The number of rotatable bonds is 4. The van der Waals surface area contributed by atoms with E-state index in [9.17, 15) is 0 Å². The molecule has 21 heavy (non-hydrogen) atoms. The van der Waals surface area contributed by atoms with Crippen LogP contribution in [0.3, 0.4) is 0 Å². The number of ether oxygens (including phenoxy) is 2. The lowest BCUT2D eigenvalue weighted by molar-refractivity contribution is -0.150. The molecule has 1 spiro atoms. The zero-order chi connectivity index (χ0) is 14.5. The molecule has 4 nitrogen and oxygen atoms in total. The molecule has 2 aliphatic heterocycles. The summed E-state index contributed by atoms with van der Waals surface area (Å²) in [5.74, 6) is 6.43. The van der Waals surface area contributed by atoms with Crippen molar-refractivity contribution in [2.75, 3.05) is 19.8 Å². The summed E-state index contributed by atoms with van der Waals surface area (Å²) in [7, 11) is 0. The van der Waals surface area contributed by atoms with Crippen LogP contribution in [0.15, 0.2) is 30.3 Å². The van der Waals surface area contributed by atoms with Crippen molar-refractivity contribution in [3.63, 3.8) is 0 Å². The molecule has 0 aromatic heterocycles. The van der Waals surface area contributed by atoms with E-state index in [1.807, 2.05) is 0 Å². The van der Waals surface area contributed by atoms with Gasteiger partial charge in [-0.3, -0.25) is 11.3 Å². The predicted octanol–water partition coefficient (Wildman–Crippen LogP) is 2.04. The van der Waals surface area contributed by atoms with Crippen molar-refractivity contribution < 1.29 is 9.47 Å². The summed E-state index contributed by atoms with van der Waals surface area (Å²) >= 11 is 0. The Balaban J connectivity index is 1.65. The van der Waals surface area contributed by atoms with Gasteiger partial charge in [0.05, 0.1) is 5.60 Å². The second-order valence-corrected chi connectivity index (χ2v) is 6.36. The lowest BCUT2D eigenvalue weighted by atomic mass is 9.76. The van der Waals surface area contributed by atoms with Crippen molar-refractivity contribution in [2.24, 2.45) is 11.8 Å². The van der Waals surface area contributed by atoms with Gasteiger partial charge in [0, 0.05) is 25.9 Å². The van der Waals surface area contributed by atoms with Crippen LogP contribution in [0.1, 0.15) is 31.2 Å². The van der Waals surface area contributed by atoms with E-state index in [4.69, 9.17) is 15.3 Å². The van der Waals surface area contributed by atoms with Crippen molar-refractivity contribution >= 4 is 0 Å². The standard InChI is InChI=1S/C17H26N2O2/c18-19-16(12-14-4-2-1-3-5-14)15-6-9-21-17(13-15)7-10-20-11-8-17/h1-5,15-16,19H,6-13,18H2. The van der Waals surface area contributed by atoms with Crippen LogP contribution in [-0.4, -0.2) is 31.5 Å². The van der Waals surface area contributed by atoms with Crippen LogP contribution in [-0.2, 0) is 15.9 Å². The molecule has 0 saturated carbocycles. The van der Waals surface area contributed by atoms with E-state index in [-0.39, 0.29) is 5.60 Å². The first-order valence-corrected chi connectivity index (χ1v) is 8.03. The maximum Gasteiger partial charge on any atom is 0.0729 e. The monoisotopic (exact) mass is 290 g/mol. The third-order valence-electron chi connectivity index (χ3n) is 5.02. The molecule has 2 aliphatic rings. The molecule has 3 rings (SSSR count). The third-order valence-corrected chi connectivity index (χ3v) is 5.02. The highest BCUT2D eigenvalue weighted by atomic mass is 16.5. The van der Waals surface area contributed by atoms with E-state index in [2.05, 4.69) is 35.8 Å². The Morgan fingerprint density at radius 2 is 1.95 bits per heavy atom. The number of hydrogen-bond donors (Lipinski definition) is 2. The molecule has 2 fully saturated rings. The molecule has 1 aromatic rings. The summed E-state index contributed by atoms with van der Waals surface area (Å²) in [4.78, 5) is 0. The SMILES string of the molecule is NNC(Cc1ccccc1)C1CCOC2(CCOCC2)C1. The van der Waals surface area contributed by atoms with Gasteiger partial charge in [-0.15, -0.1) is 0 Å². The molecule has 2 atom stereocenters. The van der Waals surface area contributed by atoms with E-state index < -0.39 is 0 Å². The summed E-state index contributed by atoms with van der Waals surface area (Å²) in [5, 5.41) is 0. The molecule has 0 amide bonds. The molecule has 0 aliphatic carbocycles. The fraction of sp³-hybridized carbons (Fsp3) is 0.647. The molecule has 2 heterocycles. The highest BCUT2D eigenvalue weighted by molar-refractivity contribution is 5.16. The van der Waals surface area contributed by atoms with Gasteiger partial charge in [-0.1, -0.05) is 30.3 Å². The molecular weight excluding hydrogens is 264 g/mol. The Morgan fingerprint density at radius 3 is 2.67 bits per heavy atom. The normalized spacial score (nSPS) is 26.6. The number of hydrazine groups is 1. The summed E-state index contributed by atoms with van der Waals surface area (Å²) in [5.41, 5.74) is 4.43. The van der Waals surface area contributed by atoms with Crippen LogP contribution in [0, 0.1) is 5.92 Å². The Kier molecular flexibility index (Phi) is 4.91. The summed E-state index contributed by atoms with van der Waals surface area (Å²) in [6.45, 7) is 2.50. The molecule has 2 saturated heterocycles. The quantitative estimate of drug-likeness (QED) is 0.658. The lowest BCUT2D eigenvalue weighted by Gasteiger charge is -2.45. The Morgan fingerprint density at radius 1 is 1.19 bits per heavy atom. The zero-order valence-electron chi connectivity index (χ0n) is 12.6. The van der Waals surface area contributed by atoms with Crippen LogP contribution in [0.2, 0.25) is 0 Å². The minimum Gasteiger partial charge on any atom is -0.381 e. The maximum atomic E-state index is 6.13. The average Bonchev–Trinajstić information content (AvgIpc) is 2.54. The van der Waals surface area contributed by atoms with E-state index in [0.29, 0.717) is 12.0 Å². The van der Waals surface area contributed by atoms with Crippen LogP contribution in [0.5, 0.6) is 0 Å². The molecule has 3 N–H and O–H groups in total. The Labute approximate surface area is 127 Å². The first-order valence-electron chi connectivity index (χ1n) is 8.03. The topological polar surface area (TPSA) is 56.5 Å². The molecular formula is C17H26N2O2. The van der Waals surface area contributed by atoms with Gasteiger partial charge < -0.3 is 9.47 Å². The van der Waals surface area contributed by atoms with Crippen molar-refractivity contribution in [1.29, 1.82) is 0 Å². The van der Waals surface area contributed by atoms with Crippen LogP contribution >= 0.6 is 0 Å². The summed E-state index contributed by atoms with van der Waals surface area (Å²) < 4.78 is 11.6. The van der Waals surface area contributed by atoms with Gasteiger partial charge in [0.15, 0.2) is 0 Å². The summed E-state index contributed by atoms with van der Waals surface area (Å²) in [6.07, 6.45) is 5.20. The van der Waals surface area contributed by atoms with E-state index >= 15 is 0 Å². The maximum absolute atomic E-state index is 6.13. The van der Waals surface area contributed by atoms with Gasteiger partial charge in [0.25, 0.3) is 0 Å². The van der Waals surface area contributed by atoms with Crippen LogP contribution in [0.4, 0.5) is 0 Å². The van der Waals surface area contributed by atoms with Gasteiger partial charge in [0.2, 0.25) is 0 Å². The number of benzene rings is 1. The summed E-state index contributed by atoms with van der Waals surface area (Å²) in [6, 6.07) is 10.9.